The van der Waals surface area contributed by atoms with Crippen LogP contribution in [0.3, 0.4) is 0 Å². The second kappa shape index (κ2) is 14.1. The van der Waals surface area contributed by atoms with Gasteiger partial charge in [-0.15, -0.1) is 0 Å². The van der Waals surface area contributed by atoms with E-state index in [-0.39, 0.29) is 0 Å². The fraction of sp³-hybridized carbons (Fsp3) is 0.0385. The number of fused-ring (bicyclic) bond motifs is 6. The van der Waals surface area contributed by atoms with Gasteiger partial charge in [0.25, 0.3) is 0 Å². The summed E-state index contributed by atoms with van der Waals surface area (Å²) >= 11 is 0. The molecule has 0 atom stereocenters. The smallest absolute Gasteiger partial charge is 0.395 e. The Hall–Kier alpha value is -7.70. The molecule has 0 aliphatic rings. The first-order valence-corrected chi connectivity index (χ1v) is 19.1. The second-order valence-corrected chi connectivity index (χ2v) is 14.5. The summed E-state index contributed by atoms with van der Waals surface area (Å²) in [5, 5.41) is 10.5. The molecule has 58 heavy (non-hydrogen) atoms. The van der Waals surface area contributed by atoms with Crippen LogP contribution in [-0.4, -0.2) is 12.3 Å². The van der Waals surface area contributed by atoms with E-state index in [4.69, 9.17) is 18.9 Å². The zero-order chi connectivity index (χ0) is 39.3. The van der Waals surface area contributed by atoms with Crippen LogP contribution in [0, 0.1) is 13.8 Å². The molecule has 0 saturated carbocycles. The van der Waals surface area contributed by atoms with Crippen molar-refractivity contribution in [1.29, 1.82) is 0 Å². The van der Waals surface area contributed by atoms with Crippen molar-refractivity contribution in [2.75, 3.05) is 0 Å². The zero-order valence-electron chi connectivity index (χ0n) is 31.6. The first kappa shape index (κ1) is 34.8. The average molecular weight is 755 g/mol. The second-order valence-electron chi connectivity index (χ2n) is 14.5. The van der Waals surface area contributed by atoms with Crippen molar-refractivity contribution in [1.82, 2.24) is 0 Å². The molecule has 0 aromatic heterocycles. The third-order valence-electron chi connectivity index (χ3n) is 10.7. The molecule has 0 aliphatic heterocycles. The van der Waals surface area contributed by atoms with Crippen LogP contribution in [0.15, 0.2) is 170 Å². The molecule has 0 unspecified atom stereocenters. The van der Waals surface area contributed by atoms with Crippen molar-refractivity contribution in [3.05, 3.63) is 181 Å². The van der Waals surface area contributed by atoms with Crippen LogP contribution in [0.1, 0.15) is 11.1 Å². The number of rotatable bonds is 5. The molecule has 0 radical (unpaired) electrons. The van der Waals surface area contributed by atoms with Crippen LogP contribution in [-0.2, 0) is 0 Å². The van der Waals surface area contributed by atoms with Crippen molar-refractivity contribution in [2.45, 2.75) is 13.8 Å². The predicted molar refractivity (Wildman–Crippen MR) is 233 cm³/mol. The van der Waals surface area contributed by atoms with Gasteiger partial charge in [-0.05, 0) is 92.3 Å². The summed E-state index contributed by atoms with van der Waals surface area (Å²) in [6.45, 7) is 4.09. The summed E-state index contributed by atoms with van der Waals surface area (Å²) in [5.74, 6) is 1.59. The molecule has 10 rings (SSSR count). The van der Waals surface area contributed by atoms with E-state index in [1.54, 1.807) is 12.1 Å². The Bertz CT molecular complexity index is 3090. The van der Waals surface area contributed by atoms with Gasteiger partial charge >= 0.3 is 12.3 Å². The van der Waals surface area contributed by atoms with Crippen LogP contribution in [0.25, 0.3) is 75.8 Å². The number of benzene rings is 10. The largest absolute Gasteiger partial charge is 0.519 e. The molecular formula is C52H34O6. The Morgan fingerprint density at radius 3 is 1.12 bits per heavy atom. The molecule has 278 valence electrons. The van der Waals surface area contributed by atoms with Gasteiger partial charge in [0.05, 0.1) is 0 Å². The minimum atomic E-state index is -0.835. The maximum Gasteiger partial charge on any atom is 0.519 e. The lowest BCUT2D eigenvalue weighted by molar-refractivity contribution is 0.152. The third-order valence-corrected chi connectivity index (χ3v) is 10.7. The van der Waals surface area contributed by atoms with E-state index in [0.717, 1.165) is 86.9 Å². The van der Waals surface area contributed by atoms with Crippen molar-refractivity contribution < 1.29 is 28.5 Å². The van der Waals surface area contributed by atoms with E-state index in [2.05, 4.69) is 24.3 Å². The summed E-state index contributed by atoms with van der Waals surface area (Å²) in [6.07, 6.45) is -1.67. The first-order valence-electron chi connectivity index (χ1n) is 19.1. The Morgan fingerprint density at radius 1 is 0.328 bits per heavy atom. The van der Waals surface area contributed by atoms with Crippen LogP contribution < -0.4 is 18.9 Å². The maximum absolute atomic E-state index is 13.6. The van der Waals surface area contributed by atoms with Crippen LogP contribution in [0.5, 0.6) is 23.0 Å². The van der Waals surface area contributed by atoms with Crippen LogP contribution in [0.2, 0.25) is 0 Å². The number of hydrogen-bond donors (Lipinski definition) is 0. The lowest BCUT2D eigenvalue weighted by Crippen LogP contribution is -2.14. The predicted octanol–water partition coefficient (Wildman–Crippen LogP) is 14.0. The van der Waals surface area contributed by atoms with Crippen molar-refractivity contribution in [3.8, 4) is 34.1 Å². The number of ether oxygens (including phenoxy) is 4. The highest BCUT2D eigenvalue weighted by Gasteiger charge is 2.25. The van der Waals surface area contributed by atoms with Gasteiger partial charge in [-0.1, -0.05) is 157 Å². The van der Waals surface area contributed by atoms with E-state index in [0.29, 0.717) is 23.0 Å². The Morgan fingerprint density at radius 2 is 0.690 bits per heavy atom. The molecule has 6 heteroatoms. The Kier molecular flexibility index (Phi) is 8.45. The first-order chi connectivity index (χ1) is 28.4. The van der Waals surface area contributed by atoms with Gasteiger partial charge in [0, 0.05) is 21.5 Å². The molecule has 10 aromatic rings. The molecule has 0 spiro atoms. The summed E-state index contributed by atoms with van der Waals surface area (Å²) in [6, 6.07) is 55.0. The highest BCUT2D eigenvalue weighted by atomic mass is 16.7. The zero-order valence-corrected chi connectivity index (χ0v) is 31.6. The highest BCUT2D eigenvalue weighted by molar-refractivity contribution is 6.27. The Balaban J connectivity index is 1.13. The number of aryl methyl sites for hydroxylation is 2. The van der Waals surface area contributed by atoms with E-state index in [9.17, 15) is 9.59 Å². The van der Waals surface area contributed by atoms with Crippen LogP contribution in [0.4, 0.5) is 9.59 Å². The summed E-state index contributed by atoms with van der Waals surface area (Å²) in [7, 11) is 0. The van der Waals surface area contributed by atoms with Crippen molar-refractivity contribution in [2.24, 2.45) is 0 Å². The van der Waals surface area contributed by atoms with Gasteiger partial charge in [-0.2, -0.15) is 0 Å². The molecule has 0 aliphatic carbocycles. The Labute approximate surface area is 333 Å². The molecule has 0 N–H and O–H groups in total. The van der Waals surface area contributed by atoms with Crippen LogP contribution >= 0.6 is 0 Å². The van der Waals surface area contributed by atoms with E-state index < -0.39 is 12.3 Å². The SMILES string of the molecule is Cc1ccc2c(OC(=O)Oc3ccc4ccccc4c3)c3ccccc3c(-c3c4ccccc4c(OC(=O)Oc4ccc5ccccc5c4)c4ccc(C)cc34)c2c1. The molecule has 0 fully saturated rings. The monoisotopic (exact) mass is 754 g/mol. The number of carbonyl (C=O) groups is 2. The van der Waals surface area contributed by atoms with Crippen molar-refractivity contribution >= 4 is 76.9 Å². The maximum atomic E-state index is 13.6. The van der Waals surface area contributed by atoms with E-state index >= 15 is 0 Å². The van der Waals surface area contributed by atoms with Gasteiger partial charge in [-0.3, -0.25) is 0 Å². The quantitative estimate of drug-likeness (QED) is 0.0990. The average Bonchev–Trinajstić information content (AvgIpc) is 3.24. The third kappa shape index (κ3) is 6.17. The fourth-order valence-electron chi connectivity index (χ4n) is 8.13. The summed E-state index contributed by atoms with van der Waals surface area (Å²) in [4.78, 5) is 27.2. The van der Waals surface area contributed by atoms with E-state index in [1.165, 1.54) is 0 Å². The highest BCUT2D eigenvalue weighted by Crippen LogP contribution is 2.50. The lowest BCUT2D eigenvalue weighted by atomic mass is 9.84. The standard InChI is InChI=1S/C52H34O6/c1-31-19-25-43-45(27-31)47(39-15-7-9-17-41(39)49(43)57-51(53)55-37-23-21-33-11-3-5-13-35(33)29-37)48-40-16-8-10-18-42(40)50(44-26-20-32(2)28-46(44)48)58-52(54)56-38-24-22-34-12-4-6-14-36(34)30-38/h3-30H,1-2H3. The van der Waals surface area contributed by atoms with Gasteiger partial charge in [0.1, 0.15) is 23.0 Å². The minimum absolute atomic E-state index is 0.390. The molecule has 0 bridgehead atoms. The van der Waals surface area contributed by atoms with Crippen molar-refractivity contribution in [3.63, 3.8) is 0 Å². The number of carbonyl (C=O) groups excluding carboxylic acids is 2. The summed E-state index contributed by atoms with van der Waals surface area (Å²) < 4.78 is 23.9. The summed E-state index contributed by atoms with van der Waals surface area (Å²) in [5.41, 5.74) is 3.99. The van der Waals surface area contributed by atoms with Gasteiger partial charge in [0.2, 0.25) is 0 Å². The van der Waals surface area contributed by atoms with Gasteiger partial charge in [-0.25, -0.2) is 9.59 Å². The fourth-order valence-corrected chi connectivity index (χ4v) is 8.13. The normalized spacial score (nSPS) is 11.4. The number of hydrogen-bond acceptors (Lipinski definition) is 6. The molecule has 6 nitrogen and oxygen atoms in total. The molecular weight excluding hydrogens is 721 g/mol. The van der Waals surface area contributed by atoms with E-state index in [1.807, 2.05) is 147 Å². The molecule has 0 heterocycles. The molecule has 0 saturated heterocycles. The lowest BCUT2D eigenvalue weighted by Gasteiger charge is -2.21. The topological polar surface area (TPSA) is 71.1 Å². The molecule has 0 amide bonds. The minimum Gasteiger partial charge on any atom is -0.395 e. The molecule has 10 aromatic carbocycles. The van der Waals surface area contributed by atoms with Gasteiger partial charge in [0.15, 0.2) is 0 Å². The van der Waals surface area contributed by atoms with Gasteiger partial charge < -0.3 is 18.9 Å².